The lowest BCUT2D eigenvalue weighted by Gasteiger charge is -2.14. The van der Waals surface area contributed by atoms with Crippen LogP contribution in [0, 0.1) is 5.82 Å². The van der Waals surface area contributed by atoms with Gasteiger partial charge in [0, 0.05) is 5.56 Å². The van der Waals surface area contributed by atoms with Crippen LogP contribution < -0.4 is 0 Å². The van der Waals surface area contributed by atoms with Crippen LogP contribution in [0.25, 0.3) is 22.0 Å². The van der Waals surface area contributed by atoms with E-state index in [4.69, 9.17) is 16.1 Å². The maximum absolute atomic E-state index is 13.6. The zero-order valence-electron chi connectivity index (χ0n) is 11.3. The van der Waals surface area contributed by atoms with Gasteiger partial charge in [-0.15, -0.1) is 0 Å². The molecule has 0 radical (unpaired) electrons. The van der Waals surface area contributed by atoms with Crippen LogP contribution in [0.4, 0.5) is 4.39 Å². The summed E-state index contributed by atoms with van der Waals surface area (Å²) in [4.78, 5) is 4.04. The molecule has 106 valence electrons. The summed E-state index contributed by atoms with van der Waals surface area (Å²) in [6.45, 7) is 5.47. The van der Waals surface area contributed by atoms with E-state index < -0.39 is 0 Å². The van der Waals surface area contributed by atoms with Gasteiger partial charge in [-0.05, 0) is 43.0 Å². The van der Waals surface area contributed by atoms with Crippen molar-refractivity contribution in [3.8, 4) is 11.1 Å². The van der Waals surface area contributed by atoms with Gasteiger partial charge in [-0.25, -0.2) is 4.39 Å². The first-order valence-corrected chi connectivity index (χ1v) is 6.78. The number of benzene rings is 2. The van der Waals surface area contributed by atoms with Crippen LogP contribution in [0.2, 0.25) is 5.02 Å². The van der Waals surface area contributed by atoms with Crippen molar-refractivity contribution in [3.05, 3.63) is 53.0 Å². The lowest BCUT2D eigenvalue weighted by Crippen LogP contribution is -1.96. The molecule has 1 aromatic heterocycles. The van der Waals surface area contributed by atoms with Crippen molar-refractivity contribution < 1.29 is 8.91 Å². The van der Waals surface area contributed by atoms with Crippen molar-refractivity contribution >= 4 is 29.2 Å². The second kappa shape index (κ2) is 5.30. The predicted molar refractivity (Wildman–Crippen MR) is 82.4 cm³/mol. The highest BCUT2D eigenvalue weighted by Crippen LogP contribution is 2.39. The Hall–Kier alpha value is -2.20. The minimum atomic E-state index is -0.315. The Morgan fingerprint density at radius 1 is 1.38 bits per heavy atom. The highest BCUT2D eigenvalue weighted by molar-refractivity contribution is 6.36. The molecule has 1 unspecified atom stereocenters. The van der Waals surface area contributed by atoms with Crippen LogP contribution in [0.3, 0.4) is 0 Å². The van der Waals surface area contributed by atoms with Crippen molar-refractivity contribution in [2.75, 3.05) is 0 Å². The fraction of sp³-hybridized carbons (Fsp3) is 0.125. The van der Waals surface area contributed by atoms with Crippen LogP contribution >= 0.6 is 11.6 Å². The summed E-state index contributed by atoms with van der Waals surface area (Å²) >= 11 is 6.26. The maximum Gasteiger partial charge on any atom is 0.133 e. The molecule has 0 saturated carbocycles. The number of rotatable bonds is 3. The van der Waals surface area contributed by atoms with Gasteiger partial charge in [-0.1, -0.05) is 28.9 Å². The van der Waals surface area contributed by atoms with E-state index in [2.05, 4.69) is 16.9 Å². The molecule has 0 N–H and O–H groups in total. The highest BCUT2D eigenvalue weighted by atomic mass is 35.5. The van der Waals surface area contributed by atoms with Crippen LogP contribution in [0.1, 0.15) is 18.5 Å². The number of aliphatic imine (C=N–C) groups is 1. The number of nitrogens with zero attached hydrogens (tertiary/aromatic N) is 2. The first-order chi connectivity index (χ1) is 10.1. The van der Waals surface area contributed by atoms with E-state index in [1.165, 1.54) is 18.4 Å². The Labute approximate surface area is 126 Å². The number of fused-ring (bicyclic) bond motifs is 1. The summed E-state index contributed by atoms with van der Waals surface area (Å²) in [6.07, 6.45) is 1.48. The van der Waals surface area contributed by atoms with Gasteiger partial charge in [-0.2, -0.15) is 0 Å². The van der Waals surface area contributed by atoms with Crippen molar-refractivity contribution in [1.82, 2.24) is 5.16 Å². The van der Waals surface area contributed by atoms with Crippen molar-refractivity contribution in [1.29, 1.82) is 0 Å². The van der Waals surface area contributed by atoms with Gasteiger partial charge in [-0.3, -0.25) is 4.99 Å². The molecule has 0 bridgehead atoms. The first-order valence-electron chi connectivity index (χ1n) is 6.40. The van der Waals surface area contributed by atoms with Crippen molar-refractivity contribution in [2.45, 2.75) is 13.0 Å². The Kier molecular flexibility index (Phi) is 3.47. The molecule has 21 heavy (non-hydrogen) atoms. The molecule has 1 heterocycles. The zero-order chi connectivity index (χ0) is 15.0. The van der Waals surface area contributed by atoms with Gasteiger partial charge >= 0.3 is 0 Å². The summed E-state index contributed by atoms with van der Waals surface area (Å²) in [6, 6.07) is 7.94. The molecule has 3 rings (SSSR count). The molecule has 0 saturated heterocycles. The van der Waals surface area contributed by atoms with Gasteiger partial charge in [0.2, 0.25) is 0 Å². The number of hydrogen-bond donors (Lipinski definition) is 0. The molecule has 0 aliphatic rings. The Bertz CT molecular complexity index is 828. The van der Waals surface area contributed by atoms with E-state index in [-0.39, 0.29) is 11.9 Å². The molecule has 3 aromatic rings. The fourth-order valence-corrected chi connectivity index (χ4v) is 2.64. The summed E-state index contributed by atoms with van der Waals surface area (Å²) in [5.74, 6) is -0.315. The van der Waals surface area contributed by atoms with E-state index in [1.807, 2.05) is 13.0 Å². The largest absolute Gasteiger partial charge is 0.363 e. The molecule has 0 aliphatic carbocycles. The molecule has 3 nitrogen and oxygen atoms in total. The van der Waals surface area contributed by atoms with Gasteiger partial charge < -0.3 is 4.52 Å². The third-order valence-corrected chi connectivity index (χ3v) is 3.78. The van der Waals surface area contributed by atoms with Crippen LogP contribution in [0.5, 0.6) is 0 Å². The molecule has 1 atom stereocenters. The molecule has 0 spiro atoms. The zero-order valence-corrected chi connectivity index (χ0v) is 12.1. The van der Waals surface area contributed by atoms with Crippen molar-refractivity contribution in [3.63, 3.8) is 0 Å². The summed E-state index contributed by atoms with van der Waals surface area (Å²) in [5, 5.41) is 5.23. The maximum atomic E-state index is 13.6. The number of halogens is 2. The summed E-state index contributed by atoms with van der Waals surface area (Å²) in [7, 11) is 0. The van der Waals surface area contributed by atoms with Crippen LogP contribution in [0.15, 0.2) is 46.1 Å². The highest BCUT2D eigenvalue weighted by Gasteiger charge is 2.19. The van der Waals surface area contributed by atoms with E-state index in [0.29, 0.717) is 21.5 Å². The molecule has 0 fully saturated rings. The van der Waals surface area contributed by atoms with E-state index in [9.17, 15) is 4.39 Å². The third kappa shape index (κ3) is 2.32. The third-order valence-electron chi connectivity index (χ3n) is 3.47. The fourth-order valence-electron chi connectivity index (χ4n) is 2.38. The number of hydrogen-bond acceptors (Lipinski definition) is 3. The predicted octanol–water partition coefficient (Wildman–Crippen LogP) is 5.05. The average molecular weight is 303 g/mol. The lowest BCUT2D eigenvalue weighted by atomic mass is 9.93. The van der Waals surface area contributed by atoms with E-state index >= 15 is 0 Å². The smallest absolute Gasteiger partial charge is 0.133 e. The monoisotopic (exact) mass is 302 g/mol. The van der Waals surface area contributed by atoms with Crippen LogP contribution in [-0.2, 0) is 0 Å². The Morgan fingerprint density at radius 3 is 2.90 bits per heavy atom. The van der Waals surface area contributed by atoms with Crippen LogP contribution in [-0.4, -0.2) is 11.9 Å². The van der Waals surface area contributed by atoms with Crippen molar-refractivity contribution in [2.24, 2.45) is 4.99 Å². The van der Waals surface area contributed by atoms with Gasteiger partial charge in [0.25, 0.3) is 0 Å². The molecule has 2 aromatic carbocycles. The summed E-state index contributed by atoms with van der Waals surface area (Å²) in [5.41, 5.74) is 2.90. The molecular formula is C16H12ClFN2O. The molecular weight excluding hydrogens is 291 g/mol. The molecule has 0 amide bonds. The number of aromatic nitrogens is 1. The minimum Gasteiger partial charge on any atom is -0.363 e. The summed E-state index contributed by atoms with van der Waals surface area (Å²) < 4.78 is 18.6. The lowest BCUT2D eigenvalue weighted by molar-refractivity contribution is 0.428. The van der Waals surface area contributed by atoms with E-state index in [1.54, 1.807) is 12.1 Å². The molecule has 0 aliphatic heterocycles. The topological polar surface area (TPSA) is 38.4 Å². The van der Waals surface area contributed by atoms with E-state index in [0.717, 1.165) is 11.1 Å². The first kappa shape index (κ1) is 13.8. The minimum absolute atomic E-state index is 0.193. The van der Waals surface area contributed by atoms with Gasteiger partial charge in [0.15, 0.2) is 0 Å². The van der Waals surface area contributed by atoms with Gasteiger partial charge in [0.05, 0.1) is 16.5 Å². The normalized spacial score (nSPS) is 12.5. The Morgan fingerprint density at radius 2 is 2.19 bits per heavy atom. The quantitative estimate of drug-likeness (QED) is 0.635. The SMILES string of the molecule is C=NC(C)c1cc(Cl)c2conc2c1-c1cccc(F)c1. The van der Waals surface area contributed by atoms with Gasteiger partial charge in [0.1, 0.15) is 17.6 Å². The second-order valence-corrected chi connectivity index (χ2v) is 5.18. The second-order valence-electron chi connectivity index (χ2n) is 4.77. The molecule has 5 heteroatoms. The standard InChI is InChI=1S/C16H12ClFN2O/c1-9(19-2)12-7-14(17)13-8-21-20-16(13)15(12)10-4-3-5-11(18)6-10/h3-9H,2H2,1H3. The average Bonchev–Trinajstić information content (AvgIpc) is 2.96. The Balaban J connectivity index is 2.40.